The second-order valence-corrected chi connectivity index (χ2v) is 4.16. The first-order chi connectivity index (χ1) is 9.29. The van der Waals surface area contributed by atoms with Crippen LogP contribution in [0.1, 0.15) is 16.7 Å². The lowest BCUT2D eigenvalue weighted by Crippen LogP contribution is -2.12. The van der Waals surface area contributed by atoms with Crippen molar-refractivity contribution in [3.05, 3.63) is 71.3 Å². The first-order valence-corrected chi connectivity index (χ1v) is 5.98. The van der Waals surface area contributed by atoms with Crippen LogP contribution < -0.4 is 5.73 Å². The van der Waals surface area contributed by atoms with Crippen LogP contribution >= 0.6 is 0 Å². The van der Waals surface area contributed by atoms with Gasteiger partial charge in [-0.15, -0.1) is 0 Å². The first kappa shape index (κ1) is 13.1. The molecule has 0 aliphatic carbocycles. The van der Waals surface area contributed by atoms with Gasteiger partial charge in [0.25, 0.3) is 0 Å². The Bertz CT molecular complexity index is 536. The molecule has 2 aromatic carbocycles. The monoisotopic (exact) mass is 256 g/mol. The van der Waals surface area contributed by atoms with Gasteiger partial charge in [0, 0.05) is 5.56 Å². The number of oxime groups is 1. The van der Waals surface area contributed by atoms with E-state index in [1.807, 2.05) is 42.5 Å². The number of ether oxygens (including phenoxy) is 1. The fraction of sp³-hybridized carbons (Fsp3) is 0.133. The van der Waals surface area contributed by atoms with Crippen LogP contribution in [0.2, 0.25) is 0 Å². The molecule has 0 unspecified atom stereocenters. The molecule has 0 aliphatic rings. The summed E-state index contributed by atoms with van der Waals surface area (Å²) in [5.74, 6) is 0.108. The van der Waals surface area contributed by atoms with Crippen LogP contribution in [0.3, 0.4) is 0 Å². The van der Waals surface area contributed by atoms with Gasteiger partial charge in [-0.05, 0) is 11.1 Å². The molecule has 0 amide bonds. The number of amidine groups is 1. The van der Waals surface area contributed by atoms with Crippen molar-refractivity contribution in [1.82, 2.24) is 0 Å². The van der Waals surface area contributed by atoms with Crippen molar-refractivity contribution in [2.45, 2.75) is 13.2 Å². The molecule has 0 radical (unpaired) electrons. The molecule has 0 saturated carbocycles. The summed E-state index contributed by atoms with van der Waals surface area (Å²) in [6.45, 7) is 1.12. The molecule has 0 heterocycles. The van der Waals surface area contributed by atoms with E-state index in [1.165, 1.54) is 0 Å². The molecule has 0 fully saturated rings. The van der Waals surface area contributed by atoms with E-state index in [0.29, 0.717) is 18.8 Å². The van der Waals surface area contributed by atoms with Crippen molar-refractivity contribution < 1.29 is 9.94 Å². The molecule has 0 saturated heterocycles. The van der Waals surface area contributed by atoms with Crippen LogP contribution in [0, 0.1) is 0 Å². The molecule has 19 heavy (non-hydrogen) atoms. The predicted octanol–water partition coefficient (Wildman–Crippen LogP) is 2.50. The summed E-state index contributed by atoms with van der Waals surface area (Å²) in [6.07, 6.45) is 0. The Morgan fingerprint density at radius 2 is 1.53 bits per heavy atom. The lowest BCUT2D eigenvalue weighted by molar-refractivity contribution is 0.107. The van der Waals surface area contributed by atoms with Crippen LogP contribution in [0.15, 0.2) is 59.8 Å². The third kappa shape index (κ3) is 3.82. The zero-order valence-electron chi connectivity index (χ0n) is 10.5. The molecule has 4 heteroatoms. The molecule has 4 nitrogen and oxygen atoms in total. The minimum absolute atomic E-state index is 0.108. The number of nitrogens with zero attached hydrogens (tertiary/aromatic N) is 1. The van der Waals surface area contributed by atoms with Gasteiger partial charge in [0.15, 0.2) is 5.84 Å². The van der Waals surface area contributed by atoms with Gasteiger partial charge < -0.3 is 15.7 Å². The van der Waals surface area contributed by atoms with Gasteiger partial charge in [0.05, 0.1) is 13.2 Å². The van der Waals surface area contributed by atoms with Crippen LogP contribution in [-0.4, -0.2) is 11.0 Å². The summed E-state index contributed by atoms with van der Waals surface area (Å²) in [7, 11) is 0. The van der Waals surface area contributed by atoms with E-state index in [4.69, 9.17) is 15.7 Å². The van der Waals surface area contributed by atoms with E-state index in [-0.39, 0.29) is 5.84 Å². The third-order valence-electron chi connectivity index (χ3n) is 2.74. The standard InChI is InChI=1S/C15H16N2O2/c16-15(17-18)14-8-6-13(7-9-14)11-19-10-12-4-2-1-3-5-12/h1-9,18H,10-11H2,(H2,16,17). The number of rotatable bonds is 5. The highest BCUT2D eigenvalue weighted by atomic mass is 16.5. The Labute approximate surface area is 112 Å². The van der Waals surface area contributed by atoms with Gasteiger partial charge in [-0.1, -0.05) is 59.8 Å². The molecule has 98 valence electrons. The lowest BCUT2D eigenvalue weighted by atomic mass is 10.1. The van der Waals surface area contributed by atoms with E-state index in [0.717, 1.165) is 11.1 Å². The second kappa shape index (κ2) is 6.56. The molecule has 0 aromatic heterocycles. The van der Waals surface area contributed by atoms with Crippen molar-refractivity contribution >= 4 is 5.84 Å². The van der Waals surface area contributed by atoms with E-state index in [9.17, 15) is 0 Å². The van der Waals surface area contributed by atoms with Gasteiger partial charge in [0.1, 0.15) is 0 Å². The maximum atomic E-state index is 8.56. The molecule has 0 aliphatic heterocycles. The van der Waals surface area contributed by atoms with Crippen molar-refractivity contribution in [2.75, 3.05) is 0 Å². The molecule has 0 bridgehead atoms. The highest BCUT2D eigenvalue weighted by Gasteiger charge is 1.99. The van der Waals surface area contributed by atoms with Gasteiger partial charge in [-0.2, -0.15) is 0 Å². The summed E-state index contributed by atoms with van der Waals surface area (Å²) in [6, 6.07) is 17.4. The Kier molecular flexibility index (Phi) is 4.53. The highest BCUT2D eigenvalue weighted by Crippen LogP contribution is 2.08. The number of benzene rings is 2. The SMILES string of the molecule is N/C(=N\O)c1ccc(COCc2ccccc2)cc1. The largest absolute Gasteiger partial charge is 0.409 e. The molecule has 0 spiro atoms. The van der Waals surface area contributed by atoms with Crippen molar-refractivity contribution in [1.29, 1.82) is 0 Å². The fourth-order valence-corrected chi connectivity index (χ4v) is 1.69. The fourth-order valence-electron chi connectivity index (χ4n) is 1.69. The quantitative estimate of drug-likeness (QED) is 0.374. The zero-order valence-corrected chi connectivity index (χ0v) is 10.5. The van der Waals surface area contributed by atoms with E-state index >= 15 is 0 Å². The smallest absolute Gasteiger partial charge is 0.170 e. The normalized spacial score (nSPS) is 11.5. The van der Waals surface area contributed by atoms with E-state index < -0.39 is 0 Å². The predicted molar refractivity (Wildman–Crippen MR) is 73.9 cm³/mol. The second-order valence-electron chi connectivity index (χ2n) is 4.16. The highest BCUT2D eigenvalue weighted by molar-refractivity contribution is 5.96. The number of hydrogen-bond acceptors (Lipinski definition) is 3. The van der Waals surface area contributed by atoms with Crippen molar-refractivity contribution in [3.63, 3.8) is 0 Å². The first-order valence-electron chi connectivity index (χ1n) is 5.98. The maximum Gasteiger partial charge on any atom is 0.170 e. The average Bonchev–Trinajstić information content (AvgIpc) is 2.48. The Morgan fingerprint density at radius 3 is 2.11 bits per heavy atom. The van der Waals surface area contributed by atoms with Crippen LogP contribution in [0.25, 0.3) is 0 Å². The Balaban J connectivity index is 1.87. The lowest BCUT2D eigenvalue weighted by Gasteiger charge is -2.05. The summed E-state index contributed by atoms with van der Waals surface area (Å²) < 4.78 is 5.62. The minimum atomic E-state index is 0.108. The molecule has 0 atom stereocenters. The van der Waals surface area contributed by atoms with Crippen LogP contribution in [-0.2, 0) is 18.0 Å². The van der Waals surface area contributed by atoms with E-state index in [2.05, 4.69) is 5.16 Å². The van der Waals surface area contributed by atoms with Crippen molar-refractivity contribution in [3.8, 4) is 0 Å². The van der Waals surface area contributed by atoms with E-state index in [1.54, 1.807) is 12.1 Å². The number of nitrogens with two attached hydrogens (primary N) is 1. The minimum Gasteiger partial charge on any atom is -0.409 e. The Hall–Kier alpha value is -2.33. The summed E-state index contributed by atoms with van der Waals surface area (Å²) >= 11 is 0. The van der Waals surface area contributed by atoms with Gasteiger partial charge in [-0.25, -0.2) is 0 Å². The van der Waals surface area contributed by atoms with Crippen LogP contribution in [0.5, 0.6) is 0 Å². The van der Waals surface area contributed by atoms with Gasteiger partial charge in [0.2, 0.25) is 0 Å². The summed E-state index contributed by atoms with van der Waals surface area (Å²) in [4.78, 5) is 0. The summed E-state index contributed by atoms with van der Waals surface area (Å²) in [5.41, 5.74) is 8.37. The Morgan fingerprint density at radius 1 is 0.947 bits per heavy atom. The van der Waals surface area contributed by atoms with Crippen LogP contribution in [0.4, 0.5) is 0 Å². The molecule has 3 N–H and O–H groups in total. The molecular formula is C15H16N2O2. The number of hydrogen-bond donors (Lipinski definition) is 2. The maximum absolute atomic E-state index is 8.56. The molecule has 2 aromatic rings. The zero-order chi connectivity index (χ0) is 13.5. The third-order valence-corrected chi connectivity index (χ3v) is 2.74. The summed E-state index contributed by atoms with van der Waals surface area (Å²) in [5, 5.41) is 11.5. The average molecular weight is 256 g/mol. The topological polar surface area (TPSA) is 67.8 Å². The van der Waals surface area contributed by atoms with Gasteiger partial charge in [-0.3, -0.25) is 0 Å². The van der Waals surface area contributed by atoms with Crippen molar-refractivity contribution in [2.24, 2.45) is 10.9 Å². The van der Waals surface area contributed by atoms with Gasteiger partial charge >= 0.3 is 0 Å². The molecule has 2 rings (SSSR count). The molecular weight excluding hydrogens is 240 g/mol.